The summed E-state index contributed by atoms with van der Waals surface area (Å²) in [6.07, 6.45) is 6.50. The van der Waals surface area contributed by atoms with Gasteiger partial charge >= 0.3 is 0 Å². The van der Waals surface area contributed by atoms with Gasteiger partial charge in [0.2, 0.25) is 0 Å². The van der Waals surface area contributed by atoms with Gasteiger partial charge in [-0.05, 0) is 49.0 Å². The second-order valence-corrected chi connectivity index (χ2v) is 6.37. The van der Waals surface area contributed by atoms with Crippen LogP contribution in [0.25, 0.3) is 0 Å². The Balaban J connectivity index is 1.91. The highest BCUT2D eigenvalue weighted by molar-refractivity contribution is 5.31. The second-order valence-electron chi connectivity index (χ2n) is 6.37. The van der Waals surface area contributed by atoms with Crippen molar-refractivity contribution >= 4 is 0 Å². The number of hydrogen-bond donors (Lipinski definition) is 0. The lowest BCUT2D eigenvalue weighted by Crippen LogP contribution is -2.43. The van der Waals surface area contributed by atoms with Gasteiger partial charge < -0.3 is 4.74 Å². The highest BCUT2D eigenvalue weighted by Crippen LogP contribution is 2.57. The Labute approximate surface area is 104 Å². The summed E-state index contributed by atoms with van der Waals surface area (Å²) in [4.78, 5) is 0. The number of ether oxygens (including phenoxy) is 1. The molecule has 4 unspecified atom stereocenters. The van der Waals surface area contributed by atoms with Crippen LogP contribution in [0.1, 0.15) is 39.0 Å². The molecule has 17 heavy (non-hydrogen) atoms. The molecular formula is C16H22O. The number of allylic oxidation sites excluding steroid dienone is 2. The van der Waals surface area contributed by atoms with Crippen LogP contribution in [0.5, 0.6) is 0 Å². The van der Waals surface area contributed by atoms with E-state index < -0.39 is 0 Å². The molecule has 0 amide bonds. The predicted octanol–water partition coefficient (Wildman–Crippen LogP) is 4.23. The van der Waals surface area contributed by atoms with Crippen LogP contribution in [0, 0.1) is 17.3 Å². The zero-order valence-electron chi connectivity index (χ0n) is 10.8. The molecule has 0 N–H and O–H groups in total. The average molecular weight is 230 g/mol. The topological polar surface area (TPSA) is 9.23 Å². The summed E-state index contributed by atoms with van der Waals surface area (Å²) in [6.45, 7) is 14.9. The molecule has 3 aliphatic rings. The summed E-state index contributed by atoms with van der Waals surface area (Å²) >= 11 is 0. The Morgan fingerprint density at radius 2 is 2.06 bits per heavy atom. The molecule has 0 aromatic carbocycles. The first-order valence-corrected chi connectivity index (χ1v) is 6.74. The van der Waals surface area contributed by atoms with E-state index in [4.69, 9.17) is 4.74 Å². The largest absolute Gasteiger partial charge is 0.490 e. The van der Waals surface area contributed by atoms with Gasteiger partial charge in [0.05, 0.1) is 0 Å². The van der Waals surface area contributed by atoms with E-state index in [0.29, 0.717) is 23.4 Å². The van der Waals surface area contributed by atoms with Crippen LogP contribution >= 0.6 is 0 Å². The van der Waals surface area contributed by atoms with E-state index in [2.05, 4.69) is 26.7 Å². The molecule has 3 fully saturated rings. The van der Waals surface area contributed by atoms with Crippen LogP contribution in [0.15, 0.2) is 36.6 Å². The van der Waals surface area contributed by atoms with Crippen LogP contribution in [0.4, 0.5) is 0 Å². The van der Waals surface area contributed by atoms with Gasteiger partial charge in [-0.1, -0.05) is 32.2 Å². The molecule has 1 heteroatoms. The fourth-order valence-corrected chi connectivity index (χ4v) is 4.22. The first-order chi connectivity index (χ1) is 8.01. The van der Waals surface area contributed by atoms with E-state index in [1.54, 1.807) is 0 Å². The first-order valence-electron chi connectivity index (χ1n) is 6.74. The Bertz CT molecular complexity index is 406. The Morgan fingerprint density at radius 3 is 2.82 bits per heavy atom. The van der Waals surface area contributed by atoms with Crippen molar-refractivity contribution in [2.24, 2.45) is 17.3 Å². The lowest BCUT2D eigenvalue weighted by molar-refractivity contribution is -0.00826. The van der Waals surface area contributed by atoms with E-state index >= 15 is 0 Å². The number of fused-ring (bicyclic) bond motifs is 2. The minimum absolute atomic E-state index is 0.335. The summed E-state index contributed by atoms with van der Waals surface area (Å²) in [5.74, 6) is 1.99. The van der Waals surface area contributed by atoms with Crippen LogP contribution in [-0.4, -0.2) is 6.10 Å². The minimum atomic E-state index is 0.335. The lowest BCUT2D eigenvalue weighted by Gasteiger charge is -2.49. The molecule has 0 aromatic rings. The monoisotopic (exact) mass is 230 g/mol. The maximum atomic E-state index is 5.90. The van der Waals surface area contributed by atoms with Crippen molar-refractivity contribution in [3.05, 3.63) is 36.6 Å². The molecule has 3 rings (SSSR count). The number of rotatable bonds is 0. The molecule has 2 aliphatic carbocycles. The van der Waals surface area contributed by atoms with E-state index in [0.717, 1.165) is 17.8 Å². The summed E-state index contributed by atoms with van der Waals surface area (Å²) in [6, 6.07) is 0. The van der Waals surface area contributed by atoms with Crippen LogP contribution in [0.2, 0.25) is 0 Å². The van der Waals surface area contributed by atoms with Crippen molar-refractivity contribution in [3.63, 3.8) is 0 Å². The van der Waals surface area contributed by atoms with Crippen LogP contribution < -0.4 is 0 Å². The van der Waals surface area contributed by atoms with Crippen molar-refractivity contribution < 1.29 is 4.74 Å². The van der Waals surface area contributed by atoms with Crippen molar-refractivity contribution in [3.8, 4) is 0 Å². The average Bonchev–Trinajstić information content (AvgIpc) is 2.52. The molecule has 1 nitrogen and oxygen atoms in total. The quantitative estimate of drug-likeness (QED) is 0.566. The fraction of sp³-hybridized carbons (Fsp3) is 0.625. The summed E-state index contributed by atoms with van der Waals surface area (Å²) in [5.41, 5.74) is 3.00. The number of hydrogen-bond acceptors (Lipinski definition) is 1. The summed E-state index contributed by atoms with van der Waals surface area (Å²) < 4.78 is 5.90. The van der Waals surface area contributed by atoms with Gasteiger partial charge in [0, 0.05) is 5.92 Å². The predicted molar refractivity (Wildman–Crippen MR) is 70.5 cm³/mol. The molecule has 0 aromatic heterocycles. The molecule has 4 atom stereocenters. The molecule has 1 saturated heterocycles. The lowest BCUT2D eigenvalue weighted by atomic mass is 9.56. The third kappa shape index (κ3) is 1.51. The standard InChI is InChI=1S/C16H22O/c1-10-6-5-7-16(4)9-15-13(8-14(10)16)11(2)12(3)17-15/h13-15H,1-3,5-9H2,4H3. The van der Waals surface area contributed by atoms with Crippen LogP contribution in [-0.2, 0) is 4.74 Å². The SMILES string of the molecule is C=C1OC2CC3(C)CCCC(=C)C3CC2C1=C. The van der Waals surface area contributed by atoms with Crippen molar-refractivity contribution in [2.75, 3.05) is 0 Å². The first kappa shape index (κ1) is 11.1. The van der Waals surface area contributed by atoms with Gasteiger partial charge in [-0.15, -0.1) is 0 Å². The highest BCUT2D eigenvalue weighted by atomic mass is 16.5. The third-order valence-corrected chi connectivity index (χ3v) is 5.29. The van der Waals surface area contributed by atoms with E-state index in [-0.39, 0.29) is 0 Å². The Hall–Kier alpha value is -0.980. The molecule has 1 aliphatic heterocycles. The van der Waals surface area contributed by atoms with Gasteiger partial charge in [-0.3, -0.25) is 0 Å². The molecule has 92 valence electrons. The zero-order valence-corrected chi connectivity index (χ0v) is 10.8. The zero-order chi connectivity index (χ0) is 12.2. The molecule has 1 heterocycles. The minimum Gasteiger partial charge on any atom is -0.490 e. The van der Waals surface area contributed by atoms with Crippen molar-refractivity contribution in [1.82, 2.24) is 0 Å². The van der Waals surface area contributed by atoms with Crippen molar-refractivity contribution in [1.29, 1.82) is 0 Å². The Morgan fingerprint density at radius 1 is 1.29 bits per heavy atom. The van der Waals surface area contributed by atoms with E-state index in [1.165, 1.54) is 31.3 Å². The molecule has 2 saturated carbocycles. The fourth-order valence-electron chi connectivity index (χ4n) is 4.22. The highest BCUT2D eigenvalue weighted by Gasteiger charge is 2.51. The van der Waals surface area contributed by atoms with Crippen molar-refractivity contribution in [2.45, 2.75) is 45.1 Å². The van der Waals surface area contributed by atoms with E-state index in [9.17, 15) is 0 Å². The maximum absolute atomic E-state index is 5.90. The smallest absolute Gasteiger partial charge is 0.115 e. The molecule has 0 radical (unpaired) electrons. The molecule has 0 spiro atoms. The van der Waals surface area contributed by atoms with Gasteiger partial charge in [0.15, 0.2) is 0 Å². The maximum Gasteiger partial charge on any atom is 0.115 e. The van der Waals surface area contributed by atoms with Gasteiger partial charge in [-0.2, -0.15) is 0 Å². The third-order valence-electron chi connectivity index (χ3n) is 5.29. The van der Waals surface area contributed by atoms with Crippen LogP contribution in [0.3, 0.4) is 0 Å². The van der Waals surface area contributed by atoms with E-state index in [1.807, 2.05) is 0 Å². The van der Waals surface area contributed by atoms with Gasteiger partial charge in [0.1, 0.15) is 11.9 Å². The Kier molecular flexibility index (Phi) is 2.30. The summed E-state index contributed by atoms with van der Waals surface area (Å²) in [7, 11) is 0. The molecule has 0 bridgehead atoms. The summed E-state index contributed by atoms with van der Waals surface area (Å²) in [5, 5.41) is 0. The normalized spacial score (nSPS) is 45.2. The second kappa shape index (κ2) is 3.51. The molecular weight excluding hydrogens is 208 g/mol. The van der Waals surface area contributed by atoms with Gasteiger partial charge in [-0.25, -0.2) is 0 Å². The van der Waals surface area contributed by atoms with Gasteiger partial charge in [0.25, 0.3) is 0 Å².